The smallest absolute Gasteiger partial charge is 0.252 e. The molecule has 1 fully saturated rings. The Bertz CT molecular complexity index is 1380. The number of nitrogens with zero attached hydrogens (tertiary/aromatic N) is 4. The average Bonchev–Trinajstić information content (AvgIpc) is 3.42. The zero-order chi connectivity index (χ0) is 23.6. The van der Waals surface area contributed by atoms with E-state index >= 15 is 0 Å². The molecule has 7 heteroatoms. The van der Waals surface area contributed by atoms with Gasteiger partial charge in [-0.3, -0.25) is 14.4 Å². The predicted octanol–water partition coefficient (Wildman–Crippen LogP) is 4.15. The molecule has 0 bridgehead atoms. The highest BCUT2D eigenvalue weighted by Crippen LogP contribution is 2.44. The molecule has 2 N–H and O–H groups in total. The molecule has 1 aliphatic carbocycles. The molecule has 35 heavy (non-hydrogen) atoms. The van der Waals surface area contributed by atoms with Crippen LogP contribution in [0.3, 0.4) is 0 Å². The Morgan fingerprint density at radius 2 is 1.86 bits per heavy atom. The summed E-state index contributed by atoms with van der Waals surface area (Å²) in [6.07, 6.45) is 11.8. The van der Waals surface area contributed by atoms with E-state index in [1.54, 1.807) is 0 Å². The van der Waals surface area contributed by atoms with Gasteiger partial charge < -0.3 is 10.6 Å². The summed E-state index contributed by atoms with van der Waals surface area (Å²) >= 11 is 0. The lowest BCUT2D eigenvalue weighted by Gasteiger charge is -2.34. The van der Waals surface area contributed by atoms with Gasteiger partial charge in [-0.25, -0.2) is 4.98 Å². The first kappa shape index (κ1) is 20.9. The molecule has 1 saturated carbocycles. The van der Waals surface area contributed by atoms with Crippen LogP contribution in [-0.2, 0) is 18.6 Å². The summed E-state index contributed by atoms with van der Waals surface area (Å²) in [4.78, 5) is 19.9. The van der Waals surface area contributed by atoms with Crippen molar-refractivity contribution in [1.29, 1.82) is 0 Å². The van der Waals surface area contributed by atoms with Crippen LogP contribution in [0, 0.1) is 0 Å². The summed E-state index contributed by atoms with van der Waals surface area (Å²) < 4.78 is 2.12. The standard InChI is InChI=1S/C28H30N6O/c1-33-11-12-34-25(17-33)23(16-31-34)19-13-22-20(7-10-29-26(22)30-15-19)18-5-6-21-24(14-18)28(32-27(21)35)8-3-2-4-9-28/h5-7,13-16H,2-4,8-12,17H2,1H3,(H,29,30)(H,32,35). The highest BCUT2D eigenvalue weighted by molar-refractivity contribution is 6.01. The van der Waals surface area contributed by atoms with Crippen LogP contribution < -0.4 is 10.6 Å². The number of rotatable bonds is 2. The minimum Gasteiger partial charge on any atom is -0.366 e. The van der Waals surface area contributed by atoms with Gasteiger partial charge in [0.25, 0.3) is 5.91 Å². The number of carbonyl (C=O) groups is 1. The maximum atomic E-state index is 12.8. The summed E-state index contributed by atoms with van der Waals surface area (Å²) in [6, 6.07) is 8.64. The van der Waals surface area contributed by atoms with E-state index in [0.29, 0.717) is 0 Å². The second-order valence-electron chi connectivity index (χ2n) is 10.4. The Balaban J connectivity index is 1.30. The van der Waals surface area contributed by atoms with Crippen molar-refractivity contribution in [2.75, 3.05) is 25.5 Å². The fourth-order valence-corrected chi connectivity index (χ4v) is 6.41. The number of likely N-dealkylation sites (N-methyl/N-ethyl adjacent to an activating group) is 1. The monoisotopic (exact) mass is 466 g/mol. The van der Waals surface area contributed by atoms with Crippen molar-refractivity contribution in [3.63, 3.8) is 0 Å². The molecule has 1 amide bonds. The lowest BCUT2D eigenvalue weighted by Crippen LogP contribution is -2.40. The maximum Gasteiger partial charge on any atom is 0.252 e. The first-order chi connectivity index (χ1) is 17.1. The molecule has 1 aromatic carbocycles. The Labute approximate surface area is 205 Å². The number of nitrogens with one attached hydrogen (secondary N) is 2. The predicted molar refractivity (Wildman–Crippen MR) is 136 cm³/mol. The third-order valence-corrected chi connectivity index (χ3v) is 8.28. The number of anilines is 1. The van der Waals surface area contributed by atoms with E-state index in [9.17, 15) is 4.79 Å². The molecule has 0 saturated heterocycles. The first-order valence-corrected chi connectivity index (χ1v) is 12.8. The molecule has 5 heterocycles. The van der Waals surface area contributed by atoms with Crippen LogP contribution >= 0.6 is 0 Å². The van der Waals surface area contributed by atoms with Crippen molar-refractivity contribution >= 4 is 17.3 Å². The number of hydrogen-bond acceptors (Lipinski definition) is 5. The molecule has 178 valence electrons. The highest BCUT2D eigenvalue weighted by atomic mass is 16.2. The zero-order valence-electron chi connectivity index (χ0n) is 20.1. The fourth-order valence-electron chi connectivity index (χ4n) is 6.41. The van der Waals surface area contributed by atoms with E-state index in [-0.39, 0.29) is 11.4 Å². The SMILES string of the molecule is CN1CCn2ncc(-c3cnc4c(c3)C(c3ccc5c(c3)C3(CCCCC3)NC5=O)=CCN4)c2C1. The molecule has 0 atom stereocenters. The van der Waals surface area contributed by atoms with Gasteiger partial charge in [0.2, 0.25) is 0 Å². The largest absolute Gasteiger partial charge is 0.366 e. The summed E-state index contributed by atoms with van der Waals surface area (Å²) in [6.45, 7) is 3.56. The number of carbonyl (C=O) groups excluding carboxylic acids is 1. The fraction of sp³-hybridized carbons (Fsp3) is 0.393. The van der Waals surface area contributed by atoms with Gasteiger partial charge in [0, 0.05) is 48.1 Å². The van der Waals surface area contributed by atoms with Gasteiger partial charge in [0.1, 0.15) is 5.82 Å². The summed E-state index contributed by atoms with van der Waals surface area (Å²) in [5.41, 5.74) is 8.76. The molecule has 3 aromatic rings. The van der Waals surface area contributed by atoms with Crippen molar-refractivity contribution < 1.29 is 4.79 Å². The van der Waals surface area contributed by atoms with Gasteiger partial charge in [0.05, 0.1) is 24.0 Å². The molecular weight excluding hydrogens is 436 g/mol. The molecule has 0 unspecified atom stereocenters. The van der Waals surface area contributed by atoms with Gasteiger partial charge in [-0.15, -0.1) is 0 Å². The van der Waals surface area contributed by atoms with Crippen LogP contribution in [0.15, 0.2) is 42.7 Å². The van der Waals surface area contributed by atoms with E-state index in [4.69, 9.17) is 4.98 Å². The van der Waals surface area contributed by atoms with Gasteiger partial charge in [-0.2, -0.15) is 5.10 Å². The molecule has 0 radical (unpaired) electrons. The third-order valence-electron chi connectivity index (χ3n) is 8.28. The normalized spacial score (nSPS) is 20.5. The van der Waals surface area contributed by atoms with Crippen LogP contribution in [0.2, 0.25) is 0 Å². The summed E-state index contributed by atoms with van der Waals surface area (Å²) in [5.74, 6) is 0.986. The number of amides is 1. The highest BCUT2D eigenvalue weighted by Gasteiger charge is 2.43. The quantitative estimate of drug-likeness (QED) is 0.594. The van der Waals surface area contributed by atoms with Gasteiger partial charge >= 0.3 is 0 Å². The maximum absolute atomic E-state index is 12.8. The molecule has 3 aliphatic heterocycles. The van der Waals surface area contributed by atoms with Crippen LogP contribution in [0.25, 0.3) is 16.7 Å². The van der Waals surface area contributed by atoms with Crippen molar-refractivity contribution in [2.24, 2.45) is 0 Å². The third kappa shape index (κ3) is 3.25. The first-order valence-electron chi connectivity index (χ1n) is 12.8. The molecule has 2 aromatic heterocycles. The Kier molecular flexibility index (Phi) is 4.64. The zero-order valence-corrected chi connectivity index (χ0v) is 20.1. The number of fused-ring (bicyclic) bond motifs is 4. The number of hydrogen-bond donors (Lipinski definition) is 2. The number of pyridine rings is 1. The topological polar surface area (TPSA) is 75.1 Å². The number of benzene rings is 1. The van der Waals surface area contributed by atoms with Crippen molar-refractivity contribution in [3.05, 3.63) is 70.7 Å². The Morgan fingerprint density at radius 3 is 2.74 bits per heavy atom. The summed E-state index contributed by atoms with van der Waals surface area (Å²) in [7, 11) is 2.16. The molecule has 4 aliphatic rings. The van der Waals surface area contributed by atoms with Crippen molar-refractivity contribution in [3.8, 4) is 11.1 Å². The van der Waals surface area contributed by atoms with E-state index in [1.165, 1.54) is 23.3 Å². The molecule has 1 spiro atoms. The van der Waals surface area contributed by atoms with E-state index < -0.39 is 0 Å². The van der Waals surface area contributed by atoms with Gasteiger partial charge in [0.15, 0.2) is 0 Å². The van der Waals surface area contributed by atoms with Gasteiger partial charge in [-0.05, 0) is 54.8 Å². The lowest BCUT2D eigenvalue weighted by molar-refractivity contribution is 0.0909. The minimum atomic E-state index is -0.194. The number of aromatic nitrogens is 3. The van der Waals surface area contributed by atoms with Crippen LogP contribution in [0.5, 0.6) is 0 Å². The second-order valence-corrected chi connectivity index (χ2v) is 10.4. The van der Waals surface area contributed by atoms with E-state index in [0.717, 1.165) is 85.5 Å². The Morgan fingerprint density at radius 1 is 0.971 bits per heavy atom. The second kappa shape index (κ2) is 7.78. The van der Waals surface area contributed by atoms with Crippen LogP contribution in [0.4, 0.5) is 5.82 Å². The van der Waals surface area contributed by atoms with Crippen LogP contribution in [-0.4, -0.2) is 45.7 Å². The van der Waals surface area contributed by atoms with Gasteiger partial charge in [-0.1, -0.05) is 31.4 Å². The lowest BCUT2D eigenvalue weighted by atomic mass is 9.76. The van der Waals surface area contributed by atoms with E-state index in [1.807, 2.05) is 18.5 Å². The molecule has 7 rings (SSSR count). The van der Waals surface area contributed by atoms with Crippen molar-refractivity contribution in [1.82, 2.24) is 25.0 Å². The Hall–Kier alpha value is -3.45. The van der Waals surface area contributed by atoms with E-state index in [2.05, 4.69) is 56.6 Å². The average molecular weight is 467 g/mol. The van der Waals surface area contributed by atoms with Crippen molar-refractivity contribution in [2.45, 2.75) is 50.7 Å². The summed E-state index contributed by atoms with van der Waals surface area (Å²) in [5, 5.41) is 11.4. The minimum absolute atomic E-state index is 0.0769. The molecular formula is C28H30N6O. The van der Waals surface area contributed by atoms with Crippen LogP contribution in [0.1, 0.15) is 64.8 Å². The molecule has 7 nitrogen and oxygen atoms in total.